The summed E-state index contributed by atoms with van der Waals surface area (Å²) in [6, 6.07) is 0. The lowest BCUT2D eigenvalue weighted by Gasteiger charge is -1.97. The van der Waals surface area contributed by atoms with Crippen LogP contribution in [0.25, 0.3) is 0 Å². The monoisotopic (exact) mass is 302 g/mol. The van der Waals surface area contributed by atoms with E-state index in [-0.39, 0.29) is 37.3 Å². The van der Waals surface area contributed by atoms with Gasteiger partial charge >= 0.3 is 18.3 Å². The fourth-order valence-corrected chi connectivity index (χ4v) is 0.275. The number of carbonyl (C=O) groups excluding carboxylic acids is 5. The van der Waals surface area contributed by atoms with Gasteiger partial charge in [-0.3, -0.25) is 4.79 Å². The van der Waals surface area contributed by atoms with Crippen LogP contribution in [-0.2, 0) is 28.7 Å². The van der Waals surface area contributed by atoms with Crippen molar-refractivity contribution >= 4 is 30.7 Å². The average Bonchev–Trinajstić information content (AvgIpc) is 2.38. The zero-order chi connectivity index (χ0) is 15.2. The van der Waals surface area contributed by atoms with Crippen LogP contribution < -0.4 is 11.5 Å². The lowest BCUT2D eigenvalue weighted by atomic mass is 10.5. The molecule has 0 saturated heterocycles. The van der Waals surface area contributed by atoms with Crippen molar-refractivity contribution in [3.8, 4) is 0 Å². The molecule has 0 aliphatic carbocycles. The fraction of sp³-hybridized carbons (Fsp3) is 0.667. The minimum Gasteiger partial charge on any atom is -0.464 e. The summed E-state index contributed by atoms with van der Waals surface area (Å²) in [5.74, 6) is -0.185. The number of hydrogen-bond donors (Lipinski definition) is 3. The summed E-state index contributed by atoms with van der Waals surface area (Å²) in [7, 11) is 0. The molecule has 0 aliphatic heterocycles. The smallest absolute Gasteiger partial charge is 0.373 e. The first-order valence-corrected chi connectivity index (χ1v) is 4.71. The molecule has 0 aliphatic rings. The minimum atomic E-state index is -0.185. The second-order valence-electron chi connectivity index (χ2n) is 2.04. The first-order chi connectivity index (χ1) is 8.55. The van der Waals surface area contributed by atoms with Crippen LogP contribution in [0.15, 0.2) is 0 Å². The predicted octanol–water partition coefficient (Wildman–Crippen LogP) is -1.91. The third-order valence-electron chi connectivity index (χ3n) is 0.799. The molecule has 5 N–H and O–H groups in total. The Hall–Kier alpha value is -1.60. The molecule has 0 radical (unpaired) electrons. The third-order valence-corrected chi connectivity index (χ3v) is 0.799. The fourth-order valence-electron chi connectivity index (χ4n) is 0.275. The van der Waals surface area contributed by atoms with E-state index < -0.39 is 0 Å². The first kappa shape index (κ1) is 30.4. The van der Waals surface area contributed by atoms with Crippen molar-refractivity contribution in [2.45, 2.75) is 13.3 Å². The molecule has 0 unspecified atom stereocenters. The second-order valence-corrected chi connectivity index (χ2v) is 2.04. The topological polar surface area (TPSA) is 167 Å². The highest BCUT2D eigenvalue weighted by Crippen LogP contribution is 1.80. The molecule has 0 amide bonds. The van der Waals surface area contributed by atoms with Crippen molar-refractivity contribution in [1.82, 2.24) is 0 Å². The molecular weight excluding hydrogens is 284 g/mol. The zero-order valence-electron chi connectivity index (χ0n) is 10.5. The van der Waals surface area contributed by atoms with Gasteiger partial charge < -0.3 is 21.3 Å². The van der Waals surface area contributed by atoms with Crippen LogP contribution in [0.2, 0.25) is 0 Å². The van der Waals surface area contributed by atoms with Crippen LogP contribution in [0.4, 0.5) is 0 Å². The van der Waals surface area contributed by atoms with E-state index in [2.05, 4.69) is 4.74 Å². The number of hydrogen-bond acceptors (Lipinski definition) is 9. The molecule has 0 fully saturated rings. The summed E-state index contributed by atoms with van der Waals surface area (Å²) in [5.41, 5.74) is 9.83. The predicted molar refractivity (Wildman–Crippen MR) is 63.7 cm³/mol. The Morgan fingerprint density at radius 1 is 1.11 bits per heavy atom. The molecule has 0 aromatic rings. The van der Waals surface area contributed by atoms with Crippen LogP contribution in [-0.4, -0.2) is 49.7 Å². The van der Waals surface area contributed by atoms with Crippen molar-refractivity contribution in [3.05, 3.63) is 0 Å². The van der Waals surface area contributed by atoms with Crippen molar-refractivity contribution in [2.24, 2.45) is 11.5 Å². The lowest BCUT2D eigenvalue weighted by molar-refractivity contribution is -0.193. The molecule has 0 bridgehead atoms. The molecule has 0 aromatic carbocycles. The highest BCUT2D eigenvalue weighted by atomic mass is 35.5. The van der Waals surface area contributed by atoms with Gasteiger partial charge in [0.1, 0.15) is 6.61 Å². The van der Waals surface area contributed by atoms with E-state index in [4.69, 9.17) is 35.8 Å². The van der Waals surface area contributed by atoms with E-state index in [1.807, 2.05) is 0 Å². The largest absolute Gasteiger partial charge is 0.464 e. The van der Waals surface area contributed by atoms with Gasteiger partial charge in [-0.05, 0) is 0 Å². The van der Waals surface area contributed by atoms with E-state index in [0.717, 1.165) is 0 Å². The van der Waals surface area contributed by atoms with Gasteiger partial charge in [-0.15, -0.1) is 12.4 Å². The maximum Gasteiger partial charge on any atom is 0.373 e. The molecule has 10 heteroatoms. The van der Waals surface area contributed by atoms with E-state index in [0.29, 0.717) is 26.1 Å². The third kappa shape index (κ3) is 117. The highest BCUT2D eigenvalue weighted by molar-refractivity contribution is 5.85. The van der Waals surface area contributed by atoms with Gasteiger partial charge in [0.15, 0.2) is 0 Å². The molecule has 0 heterocycles. The molecule has 114 valence electrons. The Morgan fingerprint density at radius 2 is 1.42 bits per heavy atom. The SMILES string of the molecule is CCC(=O)OCCN.Cl.NCCO.O=C=O.O=C=O. The summed E-state index contributed by atoms with van der Waals surface area (Å²) in [6.45, 7) is 2.97. The normalized spacial score (nSPS) is 6.11. The molecule has 0 saturated carbocycles. The molecule has 0 spiro atoms. The molecule has 9 nitrogen and oxygen atoms in total. The second kappa shape index (κ2) is 44.0. The van der Waals surface area contributed by atoms with Gasteiger partial charge in [-0.1, -0.05) is 6.92 Å². The summed E-state index contributed by atoms with van der Waals surface area (Å²) in [6.07, 6.45) is 0.931. The number of aliphatic hydroxyl groups is 1. The number of carbonyl (C=O) groups is 1. The van der Waals surface area contributed by atoms with Gasteiger partial charge in [0.25, 0.3) is 0 Å². The number of aliphatic hydroxyl groups excluding tert-OH is 1. The average molecular weight is 303 g/mol. The van der Waals surface area contributed by atoms with Gasteiger partial charge in [-0.25, -0.2) is 0 Å². The van der Waals surface area contributed by atoms with Crippen molar-refractivity contribution in [2.75, 3.05) is 26.3 Å². The van der Waals surface area contributed by atoms with Crippen LogP contribution >= 0.6 is 12.4 Å². The van der Waals surface area contributed by atoms with Gasteiger partial charge in [-0.2, -0.15) is 19.2 Å². The number of rotatable bonds is 4. The number of halogens is 1. The standard InChI is InChI=1S/C5H11NO2.C2H7NO.2CO2.ClH/c1-2-5(7)8-4-3-6;3-1-2-4;2*2-1-3;/h2-4,6H2,1H3;4H,1-3H2;;;1H. The van der Waals surface area contributed by atoms with Crippen LogP contribution in [0.5, 0.6) is 0 Å². The molecule has 0 atom stereocenters. The van der Waals surface area contributed by atoms with Crippen LogP contribution in [0.1, 0.15) is 13.3 Å². The quantitative estimate of drug-likeness (QED) is 0.502. The van der Waals surface area contributed by atoms with Crippen molar-refractivity contribution in [3.63, 3.8) is 0 Å². The Bertz CT molecular complexity index is 213. The summed E-state index contributed by atoms with van der Waals surface area (Å²) in [5, 5.41) is 7.75. The van der Waals surface area contributed by atoms with E-state index >= 15 is 0 Å². The lowest BCUT2D eigenvalue weighted by Crippen LogP contribution is -2.12. The van der Waals surface area contributed by atoms with Gasteiger partial charge in [0.05, 0.1) is 6.61 Å². The molecule has 0 rings (SSSR count). The Labute approximate surface area is 116 Å². The Kier molecular flexibility index (Phi) is 70.5. The minimum absolute atomic E-state index is 0. The van der Waals surface area contributed by atoms with E-state index in [1.165, 1.54) is 0 Å². The molecular formula is C9H19ClN2O7. The summed E-state index contributed by atoms with van der Waals surface area (Å²) >= 11 is 0. The number of esters is 1. The maximum atomic E-state index is 10.3. The Balaban J connectivity index is -0.0000000507. The highest BCUT2D eigenvalue weighted by Gasteiger charge is 1.93. The summed E-state index contributed by atoms with van der Waals surface area (Å²) in [4.78, 5) is 42.8. The van der Waals surface area contributed by atoms with Crippen LogP contribution in [0, 0.1) is 0 Å². The zero-order valence-corrected chi connectivity index (χ0v) is 11.3. The van der Waals surface area contributed by atoms with Gasteiger partial charge in [0.2, 0.25) is 0 Å². The van der Waals surface area contributed by atoms with Crippen molar-refractivity contribution in [1.29, 1.82) is 0 Å². The van der Waals surface area contributed by atoms with Crippen LogP contribution in [0.3, 0.4) is 0 Å². The molecule has 0 aromatic heterocycles. The number of ether oxygens (including phenoxy) is 1. The maximum absolute atomic E-state index is 10.3. The van der Waals surface area contributed by atoms with E-state index in [9.17, 15) is 4.79 Å². The Morgan fingerprint density at radius 3 is 1.58 bits per heavy atom. The number of nitrogens with two attached hydrogens (primary N) is 2. The van der Waals surface area contributed by atoms with Gasteiger partial charge in [0, 0.05) is 19.5 Å². The van der Waals surface area contributed by atoms with E-state index in [1.54, 1.807) is 6.92 Å². The first-order valence-electron chi connectivity index (χ1n) is 4.71. The summed E-state index contributed by atoms with van der Waals surface area (Å²) < 4.78 is 4.58. The molecule has 19 heavy (non-hydrogen) atoms. The van der Waals surface area contributed by atoms with Crippen molar-refractivity contribution < 1.29 is 33.8 Å².